The first-order valence-electron chi connectivity index (χ1n) is 6.46. The van der Waals surface area contributed by atoms with Crippen LogP contribution in [0.25, 0.3) is 11.0 Å². The number of rotatable bonds is 2. The quantitative estimate of drug-likeness (QED) is 0.896. The summed E-state index contributed by atoms with van der Waals surface area (Å²) in [6.07, 6.45) is 0.969. The standard InChI is InChI=1S/C14H17N3O2/c1-9(18)17-6-5-10(8-17)14-15-12-4-3-11(19-2)7-13(12)16-14/h3-4,7,10H,5-6,8H2,1-2H3,(H,15,16)/t10-/m0/s1. The highest BCUT2D eigenvalue weighted by molar-refractivity contribution is 5.77. The Balaban J connectivity index is 1.88. The van der Waals surface area contributed by atoms with Crippen LogP contribution in [0.15, 0.2) is 18.2 Å². The monoisotopic (exact) mass is 259 g/mol. The van der Waals surface area contributed by atoms with Gasteiger partial charge >= 0.3 is 0 Å². The summed E-state index contributed by atoms with van der Waals surface area (Å²) in [5.41, 5.74) is 1.92. The van der Waals surface area contributed by atoms with Crippen molar-refractivity contribution in [3.05, 3.63) is 24.0 Å². The smallest absolute Gasteiger partial charge is 0.219 e. The van der Waals surface area contributed by atoms with Crippen LogP contribution in [0, 0.1) is 0 Å². The predicted molar refractivity (Wildman–Crippen MR) is 72.3 cm³/mol. The second-order valence-corrected chi connectivity index (χ2v) is 4.96. The number of aromatic nitrogens is 2. The number of hydrogen-bond donors (Lipinski definition) is 1. The molecular formula is C14H17N3O2. The Morgan fingerprint density at radius 3 is 3.05 bits per heavy atom. The molecular weight excluding hydrogens is 242 g/mol. The number of aromatic amines is 1. The molecule has 2 aromatic rings. The molecule has 1 saturated heterocycles. The molecule has 1 amide bonds. The number of nitrogens with one attached hydrogen (secondary N) is 1. The maximum Gasteiger partial charge on any atom is 0.219 e. The van der Waals surface area contributed by atoms with Gasteiger partial charge in [-0.1, -0.05) is 0 Å². The van der Waals surface area contributed by atoms with E-state index in [0.29, 0.717) is 5.92 Å². The topological polar surface area (TPSA) is 58.2 Å². The van der Waals surface area contributed by atoms with Crippen LogP contribution in [0.2, 0.25) is 0 Å². The van der Waals surface area contributed by atoms with Gasteiger partial charge in [0.1, 0.15) is 11.6 Å². The van der Waals surface area contributed by atoms with E-state index < -0.39 is 0 Å². The van der Waals surface area contributed by atoms with E-state index in [4.69, 9.17) is 4.74 Å². The van der Waals surface area contributed by atoms with Gasteiger partial charge in [-0.25, -0.2) is 4.98 Å². The highest BCUT2D eigenvalue weighted by atomic mass is 16.5. The second-order valence-electron chi connectivity index (χ2n) is 4.96. The third-order valence-corrected chi connectivity index (χ3v) is 3.73. The molecule has 0 aliphatic carbocycles. The zero-order chi connectivity index (χ0) is 13.4. The number of amides is 1. The minimum absolute atomic E-state index is 0.139. The first-order chi connectivity index (χ1) is 9.17. The van der Waals surface area contributed by atoms with E-state index >= 15 is 0 Å². The van der Waals surface area contributed by atoms with Crippen molar-refractivity contribution >= 4 is 16.9 Å². The highest BCUT2D eigenvalue weighted by Crippen LogP contribution is 2.28. The number of ether oxygens (including phenoxy) is 1. The molecule has 0 unspecified atom stereocenters. The van der Waals surface area contributed by atoms with Gasteiger partial charge in [0.05, 0.1) is 18.1 Å². The van der Waals surface area contributed by atoms with Gasteiger partial charge in [-0.3, -0.25) is 4.79 Å². The van der Waals surface area contributed by atoms with Crippen molar-refractivity contribution in [3.8, 4) is 5.75 Å². The Bertz CT molecular complexity index is 620. The number of methoxy groups -OCH3 is 1. The molecule has 0 radical (unpaired) electrons. The lowest BCUT2D eigenvalue weighted by atomic mass is 10.1. The summed E-state index contributed by atoms with van der Waals surface area (Å²) >= 11 is 0. The van der Waals surface area contributed by atoms with Crippen molar-refractivity contribution in [2.24, 2.45) is 0 Å². The molecule has 19 heavy (non-hydrogen) atoms. The van der Waals surface area contributed by atoms with Crippen molar-refractivity contribution < 1.29 is 9.53 Å². The van der Waals surface area contributed by atoms with Crippen LogP contribution in [0.4, 0.5) is 0 Å². The number of H-pyrrole nitrogens is 1. The number of benzene rings is 1. The van der Waals surface area contributed by atoms with E-state index in [1.807, 2.05) is 23.1 Å². The van der Waals surface area contributed by atoms with E-state index in [1.54, 1.807) is 14.0 Å². The van der Waals surface area contributed by atoms with Crippen LogP contribution in [0.5, 0.6) is 5.75 Å². The average molecular weight is 259 g/mol. The normalized spacial score (nSPS) is 19.1. The lowest BCUT2D eigenvalue weighted by Crippen LogP contribution is -2.25. The third kappa shape index (κ3) is 2.16. The Hall–Kier alpha value is -2.04. The molecule has 1 N–H and O–H groups in total. The molecule has 1 aromatic heterocycles. The summed E-state index contributed by atoms with van der Waals surface area (Å²) in [5.74, 6) is 2.23. The van der Waals surface area contributed by atoms with Gasteiger partial charge in [-0.05, 0) is 18.6 Å². The van der Waals surface area contributed by atoms with Crippen LogP contribution in [-0.4, -0.2) is 41.0 Å². The molecule has 1 fully saturated rings. The van der Waals surface area contributed by atoms with Gasteiger partial charge in [0.2, 0.25) is 5.91 Å². The lowest BCUT2D eigenvalue weighted by Gasteiger charge is -2.12. The number of imidazole rings is 1. The Morgan fingerprint density at radius 1 is 1.53 bits per heavy atom. The number of carbonyl (C=O) groups is 1. The van der Waals surface area contributed by atoms with Gasteiger partial charge in [0.25, 0.3) is 0 Å². The van der Waals surface area contributed by atoms with Gasteiger partial charge in [-0.15, -0.1) is 0 Å². The first kappa shape index (κ1) is 12.0. The molecule has 3 rings (SSSR count). The Morgan fingerprint density at radius 2 is 2.37 bits per heavy atom. The summed E-state index contributed by atoms with van der Waals surface area (Å²) in [6.45, 7) is 3.19. The van der Waals surface area contributed by atoms with Crippen LogP contribution in [0.3, 0.4) is 0 Å². The minimum atomic E-state index is 0.139. The zero-order valence-corrected chi connectivity index (χ0v) is 11.1. The molecule has 0 bridgehead atoms. The number of likely N-dealkylation sites (tertiary alicyclic amines) is 1. The molecule has 5 heteroatoms. The first-order valence-corrected chi connectivity index (χ1v) is 6.46. The summed E-state index contributed by atoms with van der Waals surface area (Å²) in [4.78, 5) is 21.2. The second kappa shape index (κ2) is 4.57. The predicted octanol–water partition coefficient (Wildman–Crippen LogP) is 1.91. The molecule has 1 aliphatic heterocycles. The maximum absolute atomic E-state index is 11.4. The fourth-order valence-electron chi connectivity index (χ4n) is 2.60. The van der Waals surface area contributed by atoms with Crippen LogP contribution < -0.4 is 4.74 Å². The van der Waals surface area contributed by atoms with E-state index in [1.165, 1.54) is 0 Å². The van der Waals surface area contributed by atoms with Gasteiger partial charge < -0.3 is 14.6 Å². The number of hydrogen-bond acceptors (Lipinski definition) is 3. The van der Waals surface area contributed by atoms with Crippen molar-refractivity contribution in [2.45, 2.75) is 19.3 Å². The molecule has 0 spiro atoms. The van der Waals surface area contributed by atoms with Crippen molar-refractivity contribution in [3.63, 3.8) is 0 Å². The summed E-state index contributed by atoms with van der Waals surface area (Å²) in [7, 11) is 1.65. The third-order valence-electron chi connectivity index (χ3n) is 3.73. The molecule has 2 heterocycles. The maximum atomic E-state index is 11.4. The van der Waals surface area contributed by atoms with Gasteiger partial charge in [0, 0.05) is 32.0 Å². The van der Waals surface area contributed by atoms with E-state index in [9.17, 15) is 4.79 Å². The number of fused-ring (bicyclic) bond motifs is 1. The Labute approximate surface area is 111 Å². The lowest BCUT2D eigenvalue weighted by molar-refractivity contribution is -0.127. The van der Waals surface area contributed by atoms with Crippen molar-refractivity contribution in [1.29, 1.82) is 0 Å². The van der Waals surface area contributed by atoms with Crippen molar-refractivity contribution in [2.75, 3.05) is 20.2 Å². The average Bonchev–Trinajstić information content (AvgIpc) is 3.04. The molecule has 1 atom stereocenters. The molecule has 100 valence electrons. The number of carbonyl (C=O) groups excluding carboxylic acids is 1. The molecule has 1 aliphatic rings. The molecule has 1 aromatic carbocycles. The molecule has 0 saturated carbocycles. The summed E-state index contributed by atoms with van der Waals surface area (Å²) < 4.78 is 5.20. The fraction of sp³-hybridized carbons (Fsp3) is 0.429. The minimum Gasteiger partial charge on any atom is -0.497 e. The van der Waals surface area contributed by atoms with Crippen LogP contribution >= 0.6 is 0 Å². The highest BCUT2D eigenvalue weighted by Gasteiger charge is 2.27. The Kier molecular flexibility index (Phi) is 2.89. The van der Waals surface area contributed by atoms with Gasteiger partial charge in [-0.2, -0.15) is 0 Å². The zero-order valence-electron chi connectivity index (χ0n) is 11.1. The SMILES string of the molecule is COc1ccc2nc([C@H]3CCN(C(C)=O)C3)[nH]c2c1. The van der Waals surface area contributed by atoms with E-state index in [0.717, 1.165) is 42.1 Å². The van der Waals surface area contributed by atoms with Gasteiger partial charge in [0.15, 0.2) is 0 Å². The van der Waals surface area contributed by atoms with Crippen molar-refractivity contribution in [1.82, 2.24) is 14.9 Å². The largest absolute Gasteiger partial charge is 0.497 e. The van der Waals surface area contributed by atoms with Crippen LogP contribution in [-0.2, 0) is 4.79 Å². The summed E-state index contributed by atoms with van der Waals surface area (Å²) in [6, 6.07) is 5.80. The number of nitrogens with zero attached hydrogens (tertiary/aromatic N) is 2. The molecule has 5 nitrogen and oxygen atoms in total. The summed E-state index contributed by atoms with van der Waals surface area (Å²) in [5, 5.41) is 0. The fourth-order valence-corrected chi connectivity index (χ4v) is 2.60. The van der Waals surface area contributed by atoms with Crippen LogP contribution in [0.1, 0.15) is 25.1 Å². The van der Waals surface area contributed by atoms with E-state index in [-0.39, 0.29) is 5.91 Å². The van der Waals surface area contributed by atoms with E-state index in [2.05, 4.69) is 9.97 Å².